The van der Waals surface area contributed by atoms with Crippen LogP contribution >= 0.6 is 0 Å². The van der Waals surface area contributed by atoms with E-state index in [1.165, 1.54) is 6.08 Å². The van der Waals surface area contributed by atoms with Gasteiger partial charge in [0.25, 0.3) is 0 Å². The molecule has 0 saturated heterocycles. The van der Waals surface area contributed by atoms with Crippen molar-refractivity contribution in [1.29, 1.82) is 0 Å². The van der Waals surface area contributed by atoms with Gasteiger partial charge in [0, 0.05) is 41.9 Å². The Hall–Kier alpha value is 1.40. The minimum Gasteiger partial charge on any atom is 0 e. The smallest absolute Gasteiger partial charge is 0 e. The van der Waals surface area contributed by atoms with Crippen LogP contribution in [0.25, 0.3) is 0 Å². The molecule has 7 heavy (non-hydrogen) atoms. The Morgan fingerprint density at radius 1 is 1.71 bits per heavy atom. The van der Waals surface area contributed by atoms with Gasteiger partial charge in [-0.3, -0.25) is 0 Å². The Morgan fingerprint density at radius 3 is 1.86 bits per heavy atom. The zero-order chi connectivity index (χ0) is 4.28. The summed E-state index contributed by atoms with van der Waals surface area (Å²) in [6.45, 7) is 3.24. The Labute approximate surface area is 81.3 Å². The van der Waals surface area contributed by atoms with Gasteiger partial charge >= 0.3 is 40.1 Å². The zero-order valence-corrected chi connectivity index (χ0v) is 11.3. The number of hydrogen-bond acceptors (Lipinski definition) is 1. The Morgan fingerprint density at radius 2 is 1.86 bits per heavy atom. The van der Waals surface area contributed by atoms with Gasteiger partial charge in [0.05, 0.1) is 0 Å². The van der Waals surface area contributed by atoms with E-state index < -0.39 is 0 Å². The quantitative estimate of drug-likeness (QED) is 0.500. The van der Waals surface area contributed by atoms with Gasteiger partial charge in [0.2, 0.25) is 0 Å². The Balaban J connectivity index is -0.0000000800. The molecule has 0 unspecified atom stereocenters. The molecule has 0 bridgehead atoms. The SMILES string of the molecule is C=C[C](=O)[Zn].[Ag].[Zn]. The standard InChI is InChI=1S/C3H3O.Ag.2Zn/c1-2-3-4;;;/h2H,1H2;;;. The minimum atomic E-state index is 0. The van der Waals surface area contributed by atoms with Crippen LogP contribution in [0.5, 0.6) is 0 Å². The van der Waals surface area contributed by atoms with Crippen molar-refractivity contribution in [3.63, 3.8) is 0 Å². The average molecular weight is 294 g/mol. The van der Waals surface area contributed by atoms with Crippen LogP contribution in [0.3, 0.4) is 0 Å². The van der Waals surface area contributed by atoms with Crippen molar-refractivity contribution in [2.24, 2.45) is 0 Å². The van der Waals surface area contributed by atoms with Crippen molar-refractivity contribution in [2.75, 3.05) is 0 Å². The van der Waals surface area contributed by atoms with Gasteiger partial charge in [-0.05, 0) is 0 Å². The van der Waals surface area contributed by atoms with Crippen molar-refractivity contribution >= 4 is 4.38 Å². The first-order valence-electron chi connectivity index (χ1n) is 1.25. The number of carbonyl (C=O) groups is 1. The largest absolute Gasteiger partial charge is 0 e. The van der Waals surface area contributed by atoms with Crippen LogP contribution in [0, 0.1) is 0 Å². The van der Waals surface area contributed by atoms with Crippen molar-refractivity contribution in [1.82, 2.24) is 0 Å². The number of hydrogen-bond donors (Lipinski definition) is 0. The molecule has 4 heteroatoms. The molecule has 0 fully saturated rings. The molecular formula is C3H3AgOZn2. The summed E-state index contributed by atoms with van der Waals surface area (Å²) in [6.07, 6.45) is 1.33. The third kappa shape index (κ3) is 18.7. The maximum absolute atomic E-state index is 9.75. The van der Waals surface area contributed by atoms with Gasteiger partial charge < -0.3 is 0 Å². The summed E-state index contributed by atoms with van der Waals surface area (Å²) in [5.74, 6) is 0. The van der Waals surface area contributed by atoms with E-state index in [9.17, 15) is 4.79 Å². The first-order valence-corrected chi connectivity index (χ1v) is 2.74. The molecule has 0 saturated carbocycles. The fourth-order valence-corrected chi connectivity index (χ4v) is 0. The molecule has 36 valence electrons. The molecule has 0 aliphatic heterocycles. The van der Waals surface area contributed by atoms with E-state index in [4.69, 9.17) is 0 Å². The topological polar surface area (TPSA) is 17.1 Å². The van der Waals surface area contributed by atoms with Crippen molar-refractivity contribution in [3.8, 4) is 0 Å². The molecule has 0 N–H and O–H groups in total. The van der Waals surface area contributed by atoms with E-state index in [1.807, 2.05) is 0 Å². The maximum Gasteiger partial charge on any atom is 0 e. The van der Waals surface area contributed by atoms with Crippen molar-refractivity contribution in [3.05, 3.63) is 12.7 Å². The van der Waals surface area contributed by atoms with E-state index >= 15 is 0 Å². The second-order valence-corrected chi connectivity index (χ2v) is 2.13. The fraction of sp³-hybridized carbons (Fsp3) is 0. The van der Waals surface area contributed by atoms with Crippen molar-refractivity contribution in [2.45, 2.75) is 0 Å². The molecule has 0 aliphatic carbocycles. The summed E-state index contributed by atoms with van der Waals surface area (Å²) in [5, 5.41) is 0. The number of allylic oxidation sites excluding steroid dienone is 1. The summed E-state index contributed by atoms with van der Waals surface area (Å²) in [7, 11) is 0. The van der Waals surface area contributed by atoms with E-state index in [1.54, 1.807) is 0 Å². The van der Waals surface area contributed by atoms with Crippen LogP contribution < -0.4 is 0 Å². The second kappa shape index (κ2) is 10.4. The second-order valence-electron chi connectivity index (χ2n) is 0.670. The van der Waals surface area contributed by atoms with Crippen molar-refractivity contribution < 1.29 is 65.0 Å². The average Bonchev–Trinajstić information content (AvgIpc) is 1.38. The molecule has 0 heterocycles. The molecule has 0 rings (SSSR count). The van der Waals surface area contributed by atoms with Crippen LogP contribution in [-0.4, -0.2) is 4.38 Å². The van der Waals surface area contributed by atoms with E-state index in [2.05, 4.69) is 6.58 Å². The van der Waals surface area contributed by atoms with Gasteiger partial charge in [-0.2, -0.15) is 0 Å². The van der Waals surface area contributed by atoms with Crippen LogP contribution in [0.1, 0.15) is 0 Å². The first-order chi connectivity index (χ1) is 2.27. The van der Waals surface area contributed by atoms with E-state index in [0.717, 1.165) is 0 Å². The normalized spacial score (nSPS) is 4.86. The molecule has 0 aromatic heterocycles. The van der Waals surface area contributed by atoms with Crippen LogP contribution in [0.2, 0.25) is 0 Å². The summed E-state index contributed by atoms with van der Waals surface area (Å²) in [4.78, 5) is 9.75. The van der Waals surface area contributed by atoms with Gasteiger partial charge in [0.1, 0.15) is 0 Å². The molecular weight excluding hydrogens is 291 g/mol. The first kappa shape index (κ1) is 15.8. The van der Waals surface area contributed by atoms with Crippen LogP contribution in [0.4, 0.5) is 0 Å². The number of rotatable bonds is 1. The van der Waals surface area contributed by atoms with E-state index in [-0.39, 0.29) is 46.2 Å². The predicted molar refractivity (Wildman–Crippen MR) is 15.2 cm³/mol. The monoisotopic (exact) mass is 290 g/mol. The Kier molecular flexibility index (Phi) is 23.4. The van der Waals surface area contributed by atoms with Crippen LogP contribution in [0.15, 0.2) is 12.7 Å². The van der Waals surface area contributed by atoms with Gasteiger partial charge in [-0.1, -0.05) is 0 Å². The summed E-state index contributed by atoms with van der Waals surface area (Å²) in [6, 6.07) is 0. The third-order valence-electron chi connectivity index (χ3n) is 0.228. The van der Waals surface area contributed by atoms with E-state index in [0.29, 0.717) is 18.3 Å². The Bertz CT molecular complexity index is 64.0. The van der Waals surface area contributed by atoms with Gasteiger partial charge in [-0.15, -0.1) is 0 Å². The molecule has 1 nitrogen and oxygen atoms in total. The minimum absolute atomic E-state index is 0. The zero-order valence-electron chi connectivity index (χ0n) is 3.91. The van der Waals surface area contributed by atoms with Gasteiger partial charge in [-0.25, -0.2) is 0 Å². The molecule has 0 amide bonds. The predicted octanol–water partition coefficient (Wildman–Crippen LogP) is 0.241. The summed E-state index contributed by atoms with van der Waals surface area (Å²) < 4.78 is 0.144. The third-order valence-corrected chi connectivity index (χ3v) is 0.833. The molecule has 0 aromatic rings. The molecule has 0 aliphatic rings. The molecule has 0 atom stereocenters. The molecule has 0 spiro atoms. The maximum atomic E-state index is 9.75. The molecule has 1 radical (unpaired) electrons. The fourth-order valence-electron chi connectivity index (χ4n) is 0. The summed E-state index contributed by atoms with van der Waals surface area (Å²) >= 11 is 0.698. The van der Waals surface area contributed by atoms with Crippen LogP contribution in [-0.2, 0) is 65.0 Å². The number of carbonyl (C=O) groups excluding carboxylic acids is 1. The summed E-state index contributed by atoms with van der Waals surface area (Å²) in [5.41, 5.74) is 0. The van der Waals surface area contributed by atoms with Gasteiger partial charge in [0.15, 0.2) is 0 Å². The molecule has 0 aromatic carbocycles.